The first kappa shape index (κ1) is 17.7. The Labute approximate surface area is 158 Å². The summed E-state index contributed by atoms with van der Waals surface area (Å²) in [6, 6.07) is 10.8. The zero-order chi connectivity index (χ0) is 18.0. The van der Waals surface area contributed by atoms with Gasteiger partial charge in [0.05, 0.1) is 16.3 Å². The second-order valence-electron chi connectivity index (χ2n) is 5.16. The van der Waals surface area contributed by atoms with Crippen LogP contribution in [0.3, 0.4) is 0 Å². The van der Waals surface area contributed by atoms with E-state index in [4.69, 9.17) is 33.3 Å². The van der Waals surface area contributed by atoms with Gasteiger partial charge in [0.2, 0.25) is 0 Å². The fourth-order valence-corrected chi connectivity index (χ4v) is 3.78. The normalized spacial score (nSPS) is 16.0. The molecule has 1 aromatic carbocycles. The molecular formula is C17H12ClNO4S2. The second kappa shape index (κ2) is 7.43. The molecule has 25 heavy (non-hydrogen) atoms. The lowest BCUT2D eigenvalue weighted by molar-refractivity contribution is -0.137. The van der Waals surface area contributed by atoms with E-state index >= 15 is 0 Å². The van der Waals surface area contributed by atoms with E-state index in [0.29, 0.717) is 25.8 Å². The van der Waals surface area contributed by atoms with E-state index in [-0.39, 0.29) is 18.9 Å². The molecule has 0 atom stereocenters. The molecular weight excluding hydrogens is 382 g/mol. The maximum Gasteiger partial charge on any atom is 0.305 e. The molecule has 0 bridgehead atoms. The van der Waals surface area contributed by atoms with Gasteiger partial charge in [0.15, 0.2) is 0 Å². The summed E-state index contributed by atoms with van der Waals surface area (Å²) < 4.78 is 6.09. The van der Waals surface area contributed by atoms with Crippen LogP contribution in [0, 0.1) is 0 Å². The molecule has 0 spiro atoms. The topological polar surface area (TPSA) is 70.8 Å². The molecule has 2 heterocycles. The van der Waals surface area contributed by atoms with Gasteiger partial charge in [0, 0.05) is 18.2 Å². The van der Waals surface area contributed by atoms with E-state index in [0.717, 1.165) is 17.3 Å². The van der Waals surface area contributed by atoms with Gasteiger partial charge in [-0.1, -0.05) is 47.7 Å². The molecule has 1 aliphatic heterocycles. The fraction of sp³-hybridized carbons (Fsp3) is 0.118. The minimum atomic E-state index is -0.978. The maximum atomic E-state index is 12.4. The Morgan fingerprint density at radius 1 is 1.32 bits per heavy atom. The molecule has 0 saturated carbocycles. The van der Waals surface area contributed by atoms with Gasteiger partial charge in [-0.2, -0.15) is 0 Å². The number of nitrogens with zero attached hydrogens (tertiary/aromatic N) is 1. The first-order chi connectivity index (χ1) is 12.0. The monoisotopic (exact) mass is 393 g/mol. The summed E-state index contributed by atoms with van der Waals surface area (Å²) in [5.74, 6) is -0.202. The van der Waals surface area contributed by atoms with Crippen molar-refractivity contribution in [3.63, 3.8) is 0 Å². The van der Waals surface area contributed by atoms with Crippen molar-refractivity contribution in [2.45, 2.75) is 6.42 Å². The number of benzene rings is 1. The van der Waals surface area contributed by atoms with Crippen molar-refractivity contribution in [1.29, 1.82) is 0 Å². The molecule has 1 saturated heterocycles. The number of hydrogen-bond acceptors (Lipinski definition) is 5. The Balaban J connectivity index is 1.80. The summed E-state index contributed by atoms with van der Waals surface area (Å²) in [6.45, 7) is 0.0559. The number of aliphatic carboxylic acids is 1. The van der Waals surface area contributed by atoms with Crippen LogP contribution in [-0.2, 0) is 9.59 Å². The Kier molecular flexibility index (Phi) is 5.27. The third-order valence-electron chi connectivity index (χ3n) is 3.46. The molecule has 2 aromatic rings. The van der Waals surface area contributed by atoms with Crippen molar-refractivity contribution in [1.82, 2.24) is 4.90 Å². The summed E-state index contributed by atoms with van der Waals surface area (Å²) in [4.78, 5) is 24.7. The minimum Gasteiger partial charge on any atom is -0.481 e. The van der Waals surface area contributed by atoms with E-state index in [9.17, 15) is 9.59 Å². The Bertz CT molecular complexity index is 890. The number of furan rings is 1. The number of carbonyl (C=O) groups excluding carboxylic acids is 1. The van der Waals surface area contributed by atoms with E-state index in [1.165, 1.54) is 4.90 Å². The standard InChI is InChI=1S/C17H12ClNO4S2/c18-12-4-2-1-3-11(12)13-6-5-10(23-13)9-14-16(22)19(17(24)25-14)8-7-15(20)21/h1-6,9H,7-8H2,(H,20,21). The highest BCUT2D eigenvalue weighted by atomic mass is 35.5. The number of carboxylic acid groups (broad SMARTS) is 1. The summed E-state index contributed by atoms with van der Waals surface area (Å²) in [5.41, 5.74) is 0.762. The summed E-state index contributed by atoms with van der Waals surface area (Å²) in [7, 11) is 0. The highest BCUT2D eigenvalue weighted by molar-refractivity contribution is 8.26. The molecule has 0 radical (unpaired) electrons. The number of thioether (sulfide) groups is 1. The van der Waals surface area contributed by atoms with E-state index in [1.807, 2.05) is 18.2 Å². The fourth-order valence-electron chi connectivity index (χ4n) is 2.27. The van der Waals surface area contributed by atoms with Crippen molar-refractivity contribution in [2.24, 2.45) is 0 Å². The van der Waals surface area contributed by atoms with Gasteiger partial charge in [-0.3, -0.25) is 14.5 Å². The third kappa shape index (κ3) is 3.95. The predicted molar refractivity (Wildman–Crippen MR) is 101 cm³/mol. The zero-order valence-corrected chi connectivity index (χ0v) is 15.2. The van der Waals surface area contributed by atoms with Crippen LogP contribution in [0.5, 0.6) is 0 Å². The number of halogens is 1. The van der Waals surface area contributed by atoms with Crippen LogP contribution in [0.1, 0.15) is 12.2 Å². The number of hydrogen-bond donors (Lipinski definition) is 1. The number of rotatable bonds is 5. The van der Waals surface area contributed by atoms with E-state index in [1.54, 1.807) is 24.3 Å². The van der Waals surface area contributed by atoms with Crippen LogP contribution in [-0.4, -0.2) is 32.7 Å². The third-order valence-corrected chi connectivity index (χ3v) is 5.17. The van der Waals surface area contributed by atoms with Crippen LogP contribution >= 0.6 is 35.6 Å². The predicted octanol–water partition coefficient (Wildman–Crippen LogP) is 4.28. The van der Waals surface area contributed by atoms with Gasteiger partial charge in [-0.05, 0) is 24.3 Å². The van der Waals surface area contributed by atoms with E-state index < -0.39 is 5.97 Å². The molecule has 8 heteroatoms. The van der Waals surface area contributed by atoms with Gasteiger partial charge in [-0.15, -0.1) is 0 Å². The minimum absolute atomic E-state index is 0.0559. The lowest BCUT2D eigenvalue weighted by Gasteiger charge is -2.12. The number of thiocarbonyl (C=S) groups is 1. The molecule has 1 aliphatic rings. The Morgan fingerprint density at radius 2 is 2.08 bits per heavy atom. The number of carboxylic acids is 1. The summed E-state index contributed by atoms with van der Waals surface area (Å²) >= 11 is 12.4. The molecule has 1 fully saturated rings. The second-order valence-corrected chi connectivity index (χ2v) is 7.24. The molecule has 1 amide bonds. The van der Waals surface area contributed by atoms with Crippen LogP contribution < -0.4 is 0 Å². The number of amides is 1. The zero-order valence-electron chi connectivity index (χ0n) is 12.8. The summed E-state index contributed by atoms with van der Waals surface area (Å²) in [5, 5.41) is 9.32. The molecule has 0 aliphatic carbocycles. The molecule has 1 N–H and O–H groups in total. The average Bonchev–Trinajstić information content (AvgIpc) is 3.12. The SMILES string of the molecule is O=C(O)CCN1C(=O)C(=Cc2ccc(-c3ccccc3Cl)o2)SC1=S. The molecule has 3 rings (SSSR count). The first-order valence-electron chi connectivity index (χ1n) is 7.27. The van der Waals surface area contributed by atoms with Crippen LogP contribution in [0.2, 0.25) is 5.02 Å². The quantitative estimate of drug-likeness (QED) is 0.604. The lowest BCUT2D eigenvalue weighted by atomic mass is 10.2. The molecule has 5 nitrogen and oxygen atoms in total. The lowest BCUT2D eigenvalue weighted by Crippen LogP contribution is -2.30. The average molecular weight is 394 g/mol. The molecule has 1 aromatic heterocycles. The van der Waals surface area contributed by atoms with Crippen molar-refractivity contribution in [2.75, 3.05) is 6.54 Å². The maximum absolute atomic E-state index is 12.4. The smallest absolute Gasteiger partial charge is 0.305 e. The van der Waals surface area contributed by atoms with Crippen LogP contribution in [0.25, 0.3) is 17.4 Å². The molecule has 0 unspecified atom stereocenters. The van der Waals surface area contributed by atoms with Gasteiger partial charge < -0.3 is 9.52 Å². The largest absolute Gasteiger partial charge is 0.481 e. The Morgan fingerprint density at radius 3 is 2.80 bits per heavy atom. The van der Waals surface area contributed by atoms with Gasteiger partial charge in [0.1, 0.15) is 15.8 Å². The first-order valence-corrected chi connectivity index (χ1v) is 8.88. The van der Waals surface area contributed by atoms with Crippen molar-refractivity contribution >= 4 is 57.9 Å². The number of carbonyl (C=O) groups is 2. The Hall–Kier alpha value is -2.09. The van der Waals surface area contributed by atoms with Crippen LogP contribution in [0.4, 0.5) is 0 Å². The van der Waals surface area contributed by atoms with Gasteiger partial charge >= 0.3 is 5.97 Å². The highest BCUT2D eigenvalue weighted by Gasteiger charge is 2.32. The van der Waals surface area contributed by atoms with Crippen LogP contribution in [0.15, 0.2) is 45.7 Å². The van der Waals surface area contributed by atoms with Crippen molar-refractivity contribution in [3.8, 4) is 11.3 Å². The highest BCUT2D eigenvalue weighted by Crippen LogP contribution is 2.34. The van der Waals surface area contributed by atoms with Crippen molar-refractivity contribution in [3.05, 3.63) is 52.1 Å². The van der Waals surface area contributed by atoms with E-state index in [2.05, 4.69) is 0 Å². The summed E-state index contributed by atoms with van der Waals surface area (Å²) in [6.07, 6.45) is 1.44. The van der Waals surface area contributed by atoms with Gasteiger partial charge in [0.25, 0.3) is 5.91 Å². The van der Waals surface area contributed by atoms with Crippen molar-refractivity contribution < 1.29 is 19.1 Å². The van der Waals surface area contributed by atoms with Gasteiger partial charge in [-0.25, -0.2) is 0 Å². The molecule has 128 valence electrons.